The number of hydrogen-bond donors (Lipinski definition) is 0. The molecule has 0 saturated carbocycles. The molecule has 0 N–H and O–H groups in total. The number of rotatable bonds is 5. The third-order valence-corrected chi connectivity index (χ3v) is 4.25. The first-order valence-corrected chi connectivity index (χ1v) is 8.40. The zero-order valence-corrected chi connectivity index (χ0v) is 15.0. The largest absolute Gasteiger partial charge is 0.420 e. The number of alkyl halides is 3. The van der Waals surface area contributed by atoms with Crippen molar-refractivity contribution in [2.24, 2.45) is 0 Å². The molecule has 2 rings (SSSR count). The fourth-order valence-corrected chi connectivity index (χ4v) is 2.89. The van der Waals surface area contributed by atoms with E-state index in [0.29, 0.717) is 6.42 Å². The topological polar surface area (TPSA) is 34.1 Å². The van der Waals surface area contributed by atoms with Gasteiger partial charge in [-0.3, -0.25) is 9.59 Å². The molecule has 0 aromatic heterocycles. The number of allylic oxidation sites excluding steroid dienone is 6. The van der Waals surface area contributed by atoms with E-state index >= 15 is 0 Å². The summed E-state index contributed by atoms with van der Waals surface area (Å²) in [6, 6.07) is 5.66. The van der Waals surface area contributed by atoms with Crippen LogP contribution in [-0.4, -0.2) is 17.7 Å². The van der Waals surface area contributed by atoms with Gasteiger partial charge in [0.05, 0.1) is 0 Å². The van der Waals surface area contributed by atoms with E-state index < -0.39 is 28.9 Å². The summed E-state index contributed by atoms with van der Waals surface area (Å²) < 4.78 is 40.4. The van der Waals surface area contributed by atoms with Crippen molar-refractivity contribution < 1.29 is 22.8 Å². The first-order valence-electron chi connectivity index (χ1n) is 8.40. The molecule has 0 atom stereocenters. The lowest BCUT2D eigenvalue weighted by Gasteiger charge is -2.22. The van der Waals surface area contributed by atoms with Crippen LogP contribution in [-0.2, 0) is 0 Å². The molecular weight excluding hydrogens is 341 g/mol. The van der Waals surface area contributed by atoms with E-state index in [-0.39, 0.29) is 17.5 Å². The number of benzene rings is 1. The highest BCUT2D eigenvalue weighted by atomic mass is 19.4. The number of hydrogen-bond acceptors (Lipinski definition) is 2. The van der Waals surface area contributed by atoms with Gasteiger partial charge in [0.25, 0.3) is 0 Å². The van der Waals surface area contributed by atoms with Crippen molar-refractivity contribution in [3.63, 3.8) is 0 Å². The van der Waals surface area contributed by atoms with Crippen LogP contribution in [0.5, 0.6) is 0 Å². The van der Waals surface area contributed by atoms with E-state index in [2.05, 4.69) is 0 Å². The maximum atomic E-state index is 13.5. The molecule has 2 nitrogen and oxygen atoms in total. The molecule has 0 amide bonds. The smallest absolute Gasteiger partial charge is 0.289 e. The van der Waals surface area contributed by atoms with Gasteiger partial charge in [-0.1, -0.05) is 47.6 Å². The third kappa shape index (κ3) is 4.40. The predicted octanol–water partition coefficient (Wildman–Crippen LogP) is 6.01. The molecule has 5 heteroatoms. The average Bonchev–Trinajstić information content (AvgIpc) is 2.55. The van der Waals surface area contributed by atoms with Crippen LogP contribution in [0.2, 0.25) is 0 Å². The van der Waals surface area contributed by atoms with Crippen LogP contribution in [0.15, 0.2) is 58.7 Å². The summed E-state index contributed by atoms with van der Waals surface area (Å²) >= 11 is 0. The van der Waals surface area contributed by atoms with Crippen molar-refractivity contribution in [3.05, 3.63) is 69.8 Å². The highest BCUT2D eigenvalue weighted by Gasteiger charge is 2.46. The van der Waals surface area contributed by atoms with Gasteiger partial charge in [0.1, 0.15) is 5.57 Å². The Kier molecular flexibility index (Phi) is 6.01. The van der Waals surface area contributed by atoms with Crippen molar-refractivity contribution >= 4 is 11.6 Å². The highest BCUT2D eigenvalue weighted by molar-refractivity contribution is 6.27. The zero-order chi connectivity index (χ0) is 19.5. The molecule has 0 spiro atoms. The Morgan fingerprint density at radius 1 is 0.962 bits per heavy atom. The number of fused-ring (bicyclic) bond motifs is 1. The molecule has 0 saturated heterocycles. The van der Waals surface area contributed by atoms with Gasteiger partial charge in [-0.05, 0) is 40.0 Å². The van der Waals surface area contributed by atoms with Crippen molar-refractivity contribution in [1.29, 1.82) is 0 Å². The monoisotopic (exact) mass is 362 g/mol. The number of carbonyl (C=O) groups excluding carboxylic acids is 2. The van der Waals surface area contributed by atoms with Gasteiger partial charge >= 0.3 is 6.18 Å². The van der Waals surface area contributed by atoms with Crippen molar-refractivity contribution in [2.45, 2.75) is 46.2 Å². The molecule has 1 aliphatic carbocycles. The molecule has 0 unspecified atom stereocenters. The normalized spacial score (nSPS) is 15.2. The molecule has 1 aromatic rings. The van der Waals surface area contributed by atoms with Gasteiger partial charge in [0.2, 0.25) is 0 Å². The minimum absolute atomic E-state index is 0.0381. The molecule has 0 fully saturated rings. The van der Waals surface area contributed by atoms with E-state index in [4.69, 9.17) is 0 Å². The zero-order valence-electron chi connectivity index (χ0n) is 15.0. The Labute approximate surface area is 151 Å². The number of ketones is 2. The summed E-state index contributed by atoms with van der Waals surface area (Å²) in [6.45, 7) is 5.77. The molecule has 0 bridgehead atoms. The summed E-state index contributed by atoms with van der Waals surface area (Å²) in [5.74, 6) is -1.85. The van der Waals surface area contributed by atoms with Crippen LogP contribution in [0.4, 0.5) is 13.2 Å². The van der Waals surface area contributed by atoms with Crippen LogP contribution in [0.3, 0.4) is 0 Å². The Balaban J connectivity index is 2.38. The summed E-state index contributed by atoms with van der Waals surface area (Å²) in [5.41, 5.74) is 0.103. The molecule has 0 heterocycles. The Morgan fingerprint density at radius 2 is 1.54 bits per heavy atom. The van der Waals surface area contributed by atoms with E-state index in [1.807, 2.05) is 26.8 Å². The minimum Gasteiger partial charge on any atom is -0.289 e. The lowest BCUT2D eigenvalue weighted by molar-refractivity contribution is -0.0896. The van der Waals surface area contributed by atoms with Crippen molar-refractivity contribution in [3.8, 4) is 0 Å². The second-order valence-corrected chi connectivity index (χ2v) is 6.63. The number of halogens is 3. The van der Waals surface area contributed by atoms with Crippen LogP contribution in [0.1, 0.15) is 60.7 Å². The summed E-state index contributed by atoms with van der Waals surface area (Å²) in [4.78, 5) is 24.9. The second kappa shape index (κ2) is 7.85. The molecule has 0 radical (unpaired) electrons. The maximum Gasteiger partial charge on any atom is 0.420 e. The lowest BCUT2D eigenvalue weighted by Crippen LogP contribution is -2.30. The summed E-state index contributed by atoms with van der Waals surface area (Å²) in [5, 5.41) is 0. The molecule has 0 aliphatic heterocycles. The lowest BCUT2D eigenvalue weighted by atomic mass is 9.82. The van der Waals surface area contributed by atoms with Crippen molar-refractivity contribution in [1.82, 2.24) is 0 Å². The third-order valence-electron chi connectivity index (χ3n) is 4.25. The maximum absolute atomic E-state index is 13.5. The van der Waals surface area contributed by atoms with Gasteiger partial charge in [-0.25, -0.2) is 0 Å². The Morgan fingerprint density at radius 3 is 2.08 bits per heavy atom. The number of Topliss-reactive ketones (excluding diaryl/α,β-unsaturated/α-hetero) is 2. The second-order valence-electron chi connectivity index (χ2n) is 6.63. The number of carbonyl (C=O) groups is 2. The summed E-state index contributed by atoms with van der Waals surface area (Å²) in [7, 11) is 0. The van der Waals surface area contributed by atoms with E-state index in [9.17, 15) is 22.8 Å². The first-order chi connectivity index (χ1) is 12.1. The van der Waals surface area contributed by atoms with Crippen LogP contribution in [0, 0.1) is 0 Å². The molecule has 138 valence electrons. The van der Waals surface area contributed by atoms with E-state index in [1.54, 1.807) is 12.1 Å². The minimum atomic E-state index is -4.86. The summed E-state index contributed by atoms with van der Waals surface area (Å²) in [6.07, 6.45) is 0.0697. The highest BCUT2D eigenvalue weighted by Crippen LogP contribution is 2.38. The van der Waals surface area contributed by atoms with Gasteiger partial charge in [-0.2, -0.15) is 13.2 Å². The van der Waals surface area contributed by atoms with Crippen molar-refractivity contribution in [2.75, 3.05) is 0 Å². The van der Waals surface area contributed by atoms with E-state index in [1.165, 1.54) is 23.8 Å². The SMILES string of the molecule is CC(C)=CCC/C(C)=C/CC1=C(C(F)(F)F)C(=O)c2ccccc2C1=O. The van der Waals surface area contributed by atoms with E-state index in [0.717, 1.165) is 12.0 Å². The molecule has 1 aliphatic rings. The Hall–Kier alpha value is -2.43. The quantitative estimate of drug-likeness (QED) is 0.601. The average molecular weight is 362 g/mol. The van der Waals surface area contributed by atoms with Crippen LogP contribution < -0.4 is 0 Å². The predicted molar refractivity (Wildman–Crippen MR) is 95.2 cm³/mol. The van der Waals surface area contributed by atoms with Gasteiger partial charge < -0.3 is 0 Å². The molecule has 1 aromatic carbocycles. The van der Waals surface area contributed by atoms with Gasteiger partial charge in [-0.15, -0.1) is 0 Å². The fraction of sp³-hybridized carbons (Fsp3) is 0.333. The van der Waals surface area contributed by atoms with Crippen LogP contribution in [0.25, 0.3) is 0 Å². The standard InChI is InChI=1S/C21H21F3O2/c1-13(2)7-6-8-14(3)11-12-17-18(21(22,23)24)20(26)16-10-5-4-9-15(16)19(17)25/h4-5,7,9-11H,6,8,12H2,1-3H3/b14-11+. The fourth-order valence-electron chi connectivity index (χ4n) is 2.89. The van der Waals surface area contributed by atoms with Gasteiger partial charge in [0, 0.05) is 16.7 Å². The molecular formula is C21H21F3O2. The first kappa shape index (κ1) is 19.9. The van der Waals surface area contributed by atoms with Crippen LogP contribution >= 0.6 is 0 Å². The van der Waals surface area contributed by atoms with Gasteiger partial charge in [0.15, 0.2) is 11.6 Å². The molecule has 26 heavy (non-hydrogen) atoms. The Bertz CT molecular complexity index is 820.